The van der Waals surface area contributed by atoms with Crippen LogP contribution in [-0.4, -0.2) is 16.7 Å². The van der Waals surface area contributed by atoms with Crippen LogP contribution in [0, 0.1) is 5.82 Å². The SMILES string of the molecule is COc1ccc(Cn2c(SCc3ccc(F)cc3Cl)nc3ccccc3c2=O)cc1. The Labute approximate surface area is 182 Å². The maximum Gasteiger partial charge on any atom is 0.262 e. The van der Waals surface area contributed by atoms with Crippen LogP contribution in [-0.2, 0) is 12.3 Å². The average molecular weight is 441 g/mol. The lowest BCUT2D eigenvalue weighted by Gasteiger charge is -2.14. The van der Waals surface area contributed by atoms with Gasteiger partial charge in [-0.15, -0.1) is 0 Å². The molecular weight excluding hydrogens is 423 g/mol. The lowest BCUT2D eigenvalue weighted by Crippen LogP contribution is -2.24. The van der Waals surface area contributed by atoms with Crippen LogP contribution in [0.3, 0.4) is 0 Å². The summed E-state index contributed by atoms with van der Waals surface area (Å²) < 4.78 is 20.2. The van der Waals surface area contributed by atoms with Crippen molar-refractivity contribution in [1.82, 2.24) is 9.55 Å². The molecule has 0 radical (unpaired) electrons. The summed E-state index contributed by atoms with van der Waals surface area (Å²) in [5.74, 6) is 0.837. The van der Waals surface area contributed by atoms with Gasteiger partial charge in [-0.1, -0.05) is 53.7 Å². The second-order valence-corrected chi connectivity index (χ2v) is 8.03. The number of halogens is 2. The number of hydrogen-bond acceptors (Lipinski definition) is 4. The average Bonchev–Trinajstić information content (AvgIpc) is 2.76. The highest BCUT2D eigenvalue weighted by Gasteiger charge is 2.13. The van der Waals surface area contributed by atoms with Crippen molar-refractivity contribution < 1.29 is 9.13 Å². The molecule has 4 nitrogen and oxygen atoms in total. The first-order valence-electron chi connectivity index (χ1n) is 9.24. The molecule has 7 heteroatoms. The number of ether oxygens (including phenoxy) is 1. The molecule has 0 saturated carbocycles. The molecule has 30 heavy (non-hydrogen) atoms. The lowest BCUT2D eigenvalue weighted by atomic mass is 10.2. The smallest absolute Gasteiger partial charge is 0.262 e. The summed E-state index contributed by atoms with van der Waals surface area (Å²) in [5, 5.41) is 1.50. The number of hydrogen-bond donors (Lipinski definition) is 0. The molecule has 0 amide bonds. The molecule has 0 aliphatic heterocycles. The summed E-state index contributed by atoms with van der Waals surface area (Å²) in [6.07, 6.45) is 0. The number of rotatable bonds is 6. The van der Waals surface area contributed by atoms with E-state index in [-0.39, 0.29) is 11.4 Å². The second-order valence-electron chi connectivity index (χ2n) is 6.68. The van der Waals surface area contributed by atoms with E-state index in [4.69, 9.17) is 21.3 Å². The molecule has 0 bridgehead atoms. The van der Waals surface area contributed by atoms with Gasteiger partial charge in [-0.2, -0.15) is 0 Å². The van der Waals surface area contributed by atoms with Crippen LogP contribution in [0.15, 0.2) is 76.7 Å². The van der Waals surface area contributed by atoms with Crippen molar-refractivity contribution in [1.29, 1.82) is 0 Å². The summed E-state index contributed by atoms with van der Waals surface area (Å²) in [6, 6.07) is 19.2. The Bertz CT molecular complexity index is 1260. The van der Waals surface area contributed by atoms with Crippen molar-refractivity contribution in [3.8, 4) is 5.75 Å². The highest BCUT2D eigenvalue weighted by molar-refractivity contribution is 7.98. The van der Waals surface area contributed by atoms with Crippen molar-refractivity contribution in [2.24, 2.45) is 0 Å². The van der Waals surface area contributed by atoms with Gasteiger partial charge in [-0.05, 0) is 47.5 Å². The Morgan fingerprint density at radius 1 is 1.10 bits per heavy atom. The van der Waals surface area contributed by atoms with E-state index in [0.717, 1.165) is 16.9 Å². The minimum atomic E-state index is -0.381. The van der Waals surface area contributed by atoms with Crippen LogP contribution in [0.1, 0.15) is 11.1 Å². The summed E-state index contributed by atoms with van der Waals surface area (Å²) in [7, 11) is 1.61. The maximum absolute atomic E-state index is 13.3. The molecule has 0 fully saturated rings. The highest BCUT2D eigenvalue weighted by Crippen LogP contribution is 2.27. The van der Waals surface area contributed by atoms with Crippen LogP contribution in [0.4, 0.5) is 4.39 Å². The van der Waals surface area contributed by atoms with Gasteiger partial charge in [0.2, 0.25) is 0 Å². The molecule has 0 aliphatic carbocycles. The van der Waals surface area contributed by atoms with Crippen molar-refractivity contribution in [3.63, 3.8) is 0 Å². The summed E-state index contributed by atoms with van der Waals surface area (Å²) in [5.41, 5.74) is 2.27. The molecule has 0 saturated heterocycles. The van der Waals surface area contributed by atoms with Gasteiger partial charge in [0, 0.05) is 10.8 Å². The first kappa shape index (κ1) is 20.4. The topological polar surface area (TPSA) is 44.1 Å². The van der Waals surface area contributed by atoms with Gasteiger partial charge < -0.3 is 4.74 Å². The first-order valence-corrected chi connectivity index (χ1v) is 10.6. The van der Waals surface area contributed by atoms with Crippen LogP contribution >= 0.6 is 23.4 Å². The van der Waals surface area contributed by atoms with Crippen molar-refractivity contribution in [2.45, 2.75) is 17.5 Å². The van der Waals surface area contributed by atoms with Gasteiger partial charge in [0.25, 0.3) is 5.56 Å². The zero-order chi connectivity index (χ0) is 21.1. The fraction of sp³-hybridized carbons (Fsp3) is 0.130. The third-order valence-electron chi connectivity index (χ3n) is 4.70. The molecule has 0 aliphatic rings. The highest BCUT2D eigenvalue weighted by atomic mass is 35.5. The summed E-state index contributed by atoms with van der Waals surface area (Å²) >= 11 is 7.56. The number of nitrogens with zero attached hydrogens (tertiary/aromatic N) is 2. The van der Waals surface area contributed by atoms with Crippen molar-refractivity contribution in [3.05, 3.63) is 99.1 Å². The fourth-order valence-corrected chi connectivity index (χ4v) is 4.41. The Morgan fingerprint density at radius 3 is 2.60 bits per heavy atom. The molecular formula is C23H18ClFN2O2S. The monoisotopic (exact) mass is 440 g/mol. The van der Waals surface area contributed by atoms with Gasteiger partial charge in [0.15, 0.2) is 5.16 Å². The molecule has 0 atom stereocenters. The zero-order valence-corrected chi connectivity index (χ0v) is 17.7. The molecule has 0 spiro atoms. The van der Waals surface area contributed by atoms with Crippen LogP contribution < -0.4 is 10.3 Å². The van der Waals surface area contributed by atoms with E-state index in [2.05, 4.69) is 0 Å². The number of para-hydroxylation sites is 1. The van der Waals surface area contributed by atoms with E-state index in [9.17, 15) is 9.18 Å². The molecule has 152 valence electrons. The van der Waals surface area contributed by atoms with Gasteiger partial charge >= 0.3 is 0 Å². The molecule has 3 aromatic carbocycles. The number of fused-ring (bicyclic) bond motifs is 1. The molecule has 0 unspecified atom stereocenters. The number of aromatic nitrogens is 2. The lowest BCUT2D eigenvalue weighted by molar-refractivity contribution is 0.414. The number of thioether (sulfide) groups is 1. The van der Waals surface area contributed by atoms with Gasteiger partial charge in [-0.25, -0.2) is 9.37 Å². The van der Waals surface area contributed by atoms with Gasteiger partial charge in [-0.3, -0.25) is 9.36 Å². The van der Waals surface area contributed by atoms with E-state index >= 15 is 0 Å². The quantitative estimate of drug-likeness (QED) is 0.292. The predicted molar refractivity (Wildman–Crippen MR) is 119 cm³/mol. The normalized spacial score (nSPS) is 11.0. The minimum absolute atomic E-state index is 0.107. The van der Waals surface area contributed by atoms with Crippen LogP contribution in [0.5, 0.6) is 5.75 Å². The summed E-state index contributed by atoms with van der Waals surface area (Å²) in [4.78, 5) is 17.9. The molecule has 0 N–H and O–H groups in total. The molecule has 4 rings (SSSR count). The van der Waals surface area contributed by atoms with Crippen LogP contribution in [0.25, 0.3) is 10.9 Å². The number of benzene rings is 3. The van der Waals surface area contributed by atoms with E-state index in [0.29, 0.717) is 33.4 Å². The zero-order valence-electron chi connectivity index (χ0n) is 16.1. The largest absolute Gasteiger partial charge is 0.497 e. The molecule has 1 aromatic heterocycles. The van der Waals surface area contributed by atoms with E-state index in [1.165, 1.54) is 23.9 Å². The maximum atomic E-state index is 13.3. The predicted octanol–water partition coefficient (Wildman–Crippen LogP) is 5.54. The van der Waals surface area contributed by atoms with Crippen LogP contribution in [0.2, 0.25) is 5.02 Å². The first-order chi connectivity index (χ1) is 14.5. The standard InChI is InChI=1S/C23H18ClFN2O2S/c1-29-18-10-6-15(7-11-18)13-27-22(28)19-4-2-3-5-21(19)26-23(27)30-14-16-8-9-17(25)12-20(16)24/h2-12H,13-14H2,1H3. The molecule has 4 aromatic rings. The Morgan fingerprint density at radius 2 is 1.87 bits per heavy atom. The third kappa shape index (κ3) is 4.35. The Balaban J connectivity index is 1.72. The number of methoxy groups -OCH3 is 1. The van der Waals surface area contributed by atoms with Gasteiger partial charge in [0.1, 0.15) is 11.6 Å². The molecule has 1 heterocycles. The summed E-state index contributed by atoms with van der Waals surface area (Å²) in [6.45, 7) is 0.375. The van der Waals surface area contributed by atoms with Gasteiger partial charge in [0.05, 0.1) is 24.6 Å². The van der Waals surface area contributed by atoms with E-state index < -0.39 is 0 Å². The van der Waals surface area contributed by atoms with Crippen molar-refractivity contribution in [2.75, 3.05) is 7.11 Å². The van der Waals surface area contributed by atoms with E-state index in [1.54, 1.807) is 23.8 Å². The minimum Gasteiger partial charge on any atom is -0.497 e. The van der Waals surface area contributed by atoms with E-state index in [1.807, 2.05) is 42.5 Å². The fourth-order valence-electron chi connectivity index (χ4n) is 3.09. The Hall–Kier alpha value is -2.83. The van der Waals surface area contributed by atoms with Crippen molar-refractivity contribution >= 4 is 34.3 Å². The Kier molecular flexibility index (Phi) is 6.06. The third-order valence-corrected chi connectivity index (χ3v) is 6.08. The second kappa shape index (κ2) is 8.90.